The summed E-state index contributed by atoms with van der Waals surface area (Å²) in [5.41, 5.74) is 1.18. The number of methoxy groups -OCH3 is 1. The number of thiophene rings is 1. The highest BCUT2D eigenvalue weighted by Gasteiger charge is 2.31. The van der Waals surface area contributed by atoms with E-state index in [2.05, 4.69) is 4.74 Å². The lowest BCUT2D eigenvalue weighted by atomic mass is 10.2. The van der Waals surface area contributed by atoms with E-state index in [9.17, 15) is 23.3 Å². The molecule has 1 aromatic heterocycles. The Morgan fingerprint density at radius 1 is 1.09 bits per heavy atom. The molecular formula is C23H23NO9S2. The van der Waals surface area contributed by atoms with Crippen LogP contribution in [0.1, 0.15) is 20.8 Å². The maximum absolute atomic E-state index is 12.8. The van der Waals surface area contributed by atoms with Gasteiger partial charge in [0, 0.05) is 5.38 Å². The third kappa shape index (κ3) is 7.09. The van der Waals surface area contributed by atoms with E-state index in [-0.39, 0.29) is 28.7 Å². The molecule has 3 aromatic rings. The molecule has 0 unspecified atom stereocenters. The molecule has 0 fully saturated rings. The highest BCUT2D eigenvalue weighted by atomic mass is 32.2. The minimum absolute atomic E-state index is 0.0503. The number of hydrogen-bond donors (Lipinski definition) is 0. The van der Waals surface area contributed by atoms with Gasteiger partial charge in [0.15, 0.2) is 4.88 Å². The van der Waals surface area contributed by atoms with Crippen LogP contribution < -0.4 is 4.74 Å². The van der Waals surface area contributed by atoms with Crippen molar-refractivity contribution in [3.63, 3.8) is 0 Å². The molecule has 0 amide bonds. The first kappa shape index (κ1) is 26.3. The van der Waals surface area contributed by atoms with Gasteiger partial charge in [-0.05, 0) is 24.6 Å². The maximum Gasteiger partial charge on any atom is 0.355 e. The van der Waals surface area contributed by atoms with E-state index < -0.39 is 39.4 Å². The molecule has 0 N–H and O–H groups in total. The molecule has 0 radical (unpaired) electrons. The van der Waals surface area contributed by atoms with Gasteiger partial charge in [-0.25, -0.2) is 4.79 Å². The van der Waals surface area contributed by atoms with E-state index in [0.717, 1.165) is 29.6 Å². The van der Waals surface area contributed by atoms with Crippen LogP contribution in [0.2, 0.25) is 0 Å². The fourth-order valence-electron chi connectivity index (χ4n) is 2.96. The molecular weight excluding hydrogens is 498 g/mol. The van der Waals surface area contributed by atoms with E-state index in [1.807, 2.05) is 37.3 Å². The molecule has 0 aliphatic rings. The summed E-state index contributed by atoms with van der Waals surface area (Å²) >= 11 is 0.784. The van der Waals surface area contributed by atoms with E-state index in [1.165, 1.54) is 17.5 Å². The molecule has 2 aromatic carbocycles. The van der Waals surface area contributed by atoms with Crippen LogP contribution in [0.25, 0.3) is 0 Å². The average Bonchev–Trinajstić information content (AvgIpc) is 3.27. The summed E-state index contributed by atoms with van der Waals surface area (Å²) in [7, 11) is -3.07. The van der Waals surface area contributed by atoms with Crippen molar-refractivity contribution in [2.75, 3.05) is 20.3 Å². The van der Waals surface area contributed by atoms with Gasteiger partial charge in [-0.15, -0.1) is 11.3 Å². The van der Waals surface area contributed by atoms with Crippen molar-refractivity contribution in [2.24, 2.45) is 0 Å². The van der Waals surface area contributed by atoms with Crippen molar-refractivity contribution in [2.45, 2.75) is 24.5 Å². The number of benzene rings is 2. The van der Waals surface area contributed by atoms with Crippen molar-refractivity contribution >= 4 is 33.1 Å². The third-order valence-corrected chi connectivity index (χ3v) is 7.00. The van der Waals surface area contributed by atoms with E-state index in [0.29, 0.717) is 0 Å². The monoisotopic (exact) mass is 521 g/mol. The summed E-state index contributed by atoms with van der Waals surface area (Å²) in [5.74, 6) is -1.08. The topological polar surface area (TPSA) is 131 Å². The molecule has 0 spiro atoms. The largest absolute Gasteiger partial charge is 0.483 e. The molecule has 3 rings (SSSR count). The molecule has 0 aliphatic carbocycles. The molecule has 12 heteroatoms. The zero-order valence-corrected chi connectivity index (χ0v) is 20.5. The van der Waals surface area contributed by atoms with Crippen LogP contribution in [0.4, 0.5) is 5.69 Å². The number of nitro groups is 1. The Bertz CT molecular complexity index is 1260. The van der Waals surface area contributed by atoms with Gasteiger partial charge in [0.25, 0.3) is 10.1 Å². The minimum Gasteiger partial charge on any atom is -0.483 e. The molecule has 0 bridgehead atoms. The first-order chi connectivity index (χ1) is 16.7. The highest BCUT2D eigenvalue weighted by molar-refractivity contribution is 7.86. The quantitative estimate of drug-likeness (QED) is 0.149. The van der Waals surface area contributed by atoms with Gasteiger partial charge in [0.2, 0.25) is 5.75 Å². The molecule has 0 aliphatic heterocycles. The average molecular weight is 522 g/mol. The van der Waals surface area contributed by atoms with Crippen LogP contribution >= 0.6 is 11.3 Å². The number of esters is 1. The van der Waals surface area contributed by atoms with Gasteiger partial charge in [0.1, 0.15) is 12.7 Å². The van der Waals surface area contributed by atoms with Crippen molar-refractivity contribution in [3.8, 4) is 5.75 Å². The second-order valence-electron chi connectivity index (χ2n) is 7.32. The Balaban J connectivity index is 1.77. The van der Waals surface area contributed by atoms with Gasteiger partial charge >= 0.3 is 11.7 Å². The lowest BCUT2D eigenvalue weighted by molar-refractivity contribution is -0.385. The molecule has 0 saturated heterocycles. The smallest absolute Gasteiger partial charge is 0.355 e. The normalized spacial score (nSPS) is 12.2. The molecule has 1 heterocycles. The lowest BCUT2D eigenvalue weighted by Crippen LogP contribution is -2.30. The lowest BCUT2D eigenvalue weighted by Gasteiger charge is -2.18. The Hall–Kier alpha value is -3.32. The Kier molecular flexibility index (Phi) is 8.93. The van der Waals surface area contributed by atoms with E-state index in [1.54, 1.807) is 12.1 Å². The number of hydrogen-bond acceptors (Lipinski definition) is 10. The Morgan fingerprint density at radius 2 is 1.77 bits per heavy atom. The summed E-state index contributed by atoms with van der Waals surface area (Å²) < 4.78 is 46.7. The van der Waals surface area contributed by atoms with Crippen LogP contribution in [0.15, 0.2) is 64.9 Å². The summed E-state index contributed by atoms with van der Waals surface area (Å²) in [6, 6.07) is 15.3. The molecule has 10 nitrogen and oxygen atoms in total. The van der Waals surface area contributed by atoms with Crippen molar-refractivity contribution < 1.29 is 36.5 Å². The van der Waals surface area contributed by atoms with Crippen molar-refractivity contribution in [3.05, 3.63) is 86.1 Å². The number of carbonyl (C=O) groups is 1. The minimum atomic E-state index is -4.18. The van der Waals surface area contributed by atoms with Gasteiger partial charge < -0.3 is 14.2 Å². The van der Waals surface area contributed by atoms with Crippen LogP contribution in [-0.2, 0) is 30.4 Å². The predicted octanol–water partition coefficient (Wildman–Crippen LogP) is 4.12. The van der Waals surface area contributed by atoms with Crippen LogP contribution in [-0.4, -0.2) is 45.7 Å². The Morgan fingerprint density at radius 3 is 2.40 bits per heavy atom. The fraction of sp³-hybridized carbons (Fsp3) is 0.261. The van der Waals surface area contributed by atoms with Crippen LogP contribution in [0.3, 0.4) is 0 Å². The van der Waals surface area contributed by atoms with E-state index in [4.69, 9.17) is 13.7 Å². The molecule has 1 atom stereocenters. The van der Waals surface area contributed by atoms with Crippen molar-refractivity contribution in [1.82, 2.24) is 0 Å². The second-order valence-corrected chi connectivity index (χ2v) is 9.78. The number of ether oxygens (including phenoxy) is 3. The molecule has 35 heavy (non-hydrogen) atoms. The third-order valence-electron chi connectivity index (χ3n) is 4.70. The van der Waals surface area contributed by atoms with Gasteiger partial charge in [-0.3, -0.25) is 14.3 Å². The summed E-state index contributed by atoms with van der Waals surface area (Å²) in [4.78, 5) is 22.3. The van der Waals surface area contributed by atoms with Gasteiger partial charge in [-0.2, -0.15) is 8.42 Å². The summed E-state index contributed by atoms with van der Waals surface area (Å²) in [6.45, 7) is 1.44. The number of nitrogens with zero attached hydrogens (tertiary/aromatic N) is 1. The van der Waals surface area contributed by atoms with Crippen molar-refractivity contribution in [1.29, 1.82) is 0 Å². The first-order valence-corrected chi connectivity index (χ1v) is 12.6. The molecule has 186 valence electrons. The summed E-state index contributed by atoms with van der Waals surface area (Å²) in [6.07, 6.45) is -1.13. The predicted molar refractivity (Wildman–Crippen MR) is 127 cm³/mol. The second kappa shape index (κ2) is 11.9. The zero-order chi connectivity index (χ0) is 25.4. The SMILES string of the molecule is COC(=O)c1scc(OC[C@H](COCc2ccccc2)OS(=O)(=O)c2ccc(C)cc2)c1[N+](=O)[O-]. The van der Waals surface area contributed by atoms with E-state index >= 15 is 0 Å². The highest BCUT2D eigenvalue weighted by Crippen LogP contribution is 2.37. The Labute approximate surface area is 206 Å². The number of rotatable bonds is 12. The number of carbonyl (C=O) groups excluding carboxylic acids is 1. The van der Waals surface area contributed by atoms with Gasteiger partial charge in [-0.1, -0.05) is 48.0 Å². The zero-order valence-electron chi connectivity index (χ0n) is 18.9. The van der Waals surface area contributed by atoms with Gasteiger partial charge in [0.05, 0.1) is 30.1 Å². The standard InChI is InChI=1S/C23H23NO9S2/c1-16-8-10-19(11-9-16)35(28,29)33-18(13-31-12-17-6-4-3-5-7-17)14-32-20-15-34-22(23(25)30-2)21(20)24(26)27/h3-11,15,18H,12-14H2,1-2H3/t18-/m0/s1. The number of aryl methyl sites for hydroxylation is 1. The molecule has 0 saturated carbocycles. The van der Waals surface area contributed by atoms with Crippen LogP contribution in [0.5, 0.6) is 5.75 Å². The fourth-order valence-corrected chi connectivity index (χ4v) is 4.88. The van der Waals surface area contributed by atoms with Crippen LogP contribution in [0, 0.1) is 17.0 Å². The summed E-state index contributed by atoms with van der Waals surface area (Å²) in [5, 5.41) is 12.8. The first-order valence-electron chi connectivity index (χ1n) is 10.3. The maximum atomic E-state index is 12.8.